The average Bonchev–Trinajstić information content (AvgIpc) is 2.39. The predicted molar refractivity (Wildman–Crippen MR) is 66.2 cm³/mol. The highest BCUT2D eigenvalue weighted by Crippen LogP contribution is 2.18. The van der Waals surface area contributed by atoms with Gasteiger partial charge in [-0.3, -0.25) is 9.69 Å². The zero-order valence-electron chi connectivity index (χ0n) is 10.5. The Morgan fingerprint density at radius 3 is 2.68 bits per heavy atom. The van der Waals surface area contributed by atoms with Gasteiger partial charge >= 0.3 is 5.97 Å². The third kappa shape index (κ3) is 3.25. The number of carbonyl (C=O) groups excluding carboxylic acids is 1. The summed E-state index contributed by atoms with van der Waals surface area (Å²) in [4.78, 5) is 31.9. The fourth-order valence-electron chi connectivity index (χ4n) is 2.25. The molecule has 1 aliphatic rings. The lowest BCUT2D eigenvalue weighted by Gasteiger charge is -2.30. The number of carboxylic acids is 1. The zero-order valence-corrected chi connectivity index (χ0v) is 10.5. The van der Waals surface area contributed by atoms with Crippen LogP contribution < -0.4 is 5.73 Å². The van der Waals surface area contributed by atoms with Crippen molar-refractivity contribution < 1.29 is 14.7 Å². The minimum atomic E-state index is -1.03. The number of hydrogen-bond acceptors (Lipinski definition) is 5. The zero-order chi connectivity index (χ0) is 13.8. The quantitative estimate of drug-likeness (QED) is 0.784. The van der Waals surface area contributed by atoms with Crippen LogP contribution in [0, 0.1) is 5.92 Å². The summed E-state index contributed by atoms with van der Waals surface area (Å²) in [6.07, 6.45) is 4.07. The van der Waals surface area contributed by atoms with E-state index in [1.165, 1.54) is 12.5 Å². The fourth-order valence-corrected chi connectivity index (χ4v) is 2.25. The molecule has 19 heavy (non-hydrogen) atoms. The van der Waals surface area contributed by atoms with Gasteiger partial charge in [-0.2, -0.15) is 0 Å². The van der Waals surface area contributed by atoms with Crippen molar-refractivity contribution in [2.75, 3.05) is 13.1 Å². The van der Waals surface area contributed by atoms with Crippen LogP contribution in [0.2, 0.25) is 0 Å². The molecule has 1 fully saturated rings. The molecule has 1 amide bonds. The molecule has 2 heterocycles. The number of likely N-dealkylation sites (tertiary alicyclic amines) is 1. The lowest BCUT2D eigenvalue weighted by Crippen LogP contribution is -2.38. The first kappa shape index (κ1) is 13.4. The number of rotatable bonds is 4. The molecule has 0 bridgehead atoms. The van der Waals surface area contributed by atoms with Crippen LogP contribution in [0.1, 0.15) is 28.9 Å². The lowest BCUT2D eigenvalue weighted by molar-refractivity contribution is -0.123. The number of carbonyl (C=O) groups is 2. The highest BCUT2D eigenvalue weighted by atomic mass is 16.4. The van der Waals surface area contributed by atoms with Crippen molar-refractivity contribution in [2.24, 2.45) is 11.7 Å². The molecule has 0 aliphatic carbocycles. The van der Waals surface area contributed by atoms with Crippen LogP contribution in [0.5, 0.6) is 0 Å². The van der Waals surface area contributed by atoms with E-state index < -0.39 is 5.97 Å². The average molecular weight is 264 g/mol. The monoisotopic (exact) mass is 264 g/mol. The second kappa shape index (κ2) is 5.75. The number of aromatic carboxylic acids is 1. The molecular formula is C12H16N4O3. The largest absolute Gasteiger partial charge is 0.478 e. The van der Waals surface area contributed by atoms with Crippen molar-refractivity contribution in [3.63, 3.8) is 0 Å². The molecule has 3 N–H and O–H groups in total. The van der Waals surface area contributed by atoms with E-state index >= 15 is 0 Å². The maximum atomic E-state index is 11.1. The molecule has 0 radical (unpaired) electrons. The molecule has 1 aliphatic heterocycles. The number of nitrogens with two attached hydrogens (primary N) is 1. The van der Waals surface area contributed by atoms with E-state index in [9.17, 15) is 9.59 Å². The van der Waals surface area contributed by atoms with Crippen LogP contribution in [0.4, 0.5) is 0 Å². The highest BCUT2D eigenvalue weighted by molar-refractivity contribution is 5.88. The minimum Gasteiger partial charge on any atom is -0.478 e. The number of nitrogens with zero attached hydrogens (tertiary/aromatic N) is 3. The third-order valence-corrected chi connectivity index (χ3v) is 3.39. The van der Waals surface area contributed by atoms with E-state index in [1.807, 2.05) is 0 Å². The van der Waals surface area contributed by atoms with Gasteiger partial charge in [-0.1, -0.05) is 0 Å². The third-order valence-electron chi connectivity index (χ3n) is 3.39. The summed E-state index contributed by atoms with van der Waals surface area (Å²) in [5.41, 5.74) is 5.90. The van der Waals surface area contributed by atoms with Crippen molar-refractivity contribution in [1.29, 1.82) is 0 Å². The molecule has 102 valence electrons. The SMILES string of the molecule is NC(=O)C1CCN(Cc2ncncc2C(=O)O)CC1. The molecule has 0 saturated carbocycles. The van der Waals surface area contributed by atoms with Gasteiger partial charge in [0, 0.05) is 18.7 Å². The summed E-state index contributed by atoms with van der Waals surface area (Å²) in [6.45, 7) is 1.89. The van der Waals surface area contributed by atoms with E-state index in [4.69, 9.17) is 10.8 Å². The Hall–Kier alpha value is -2.02. The van der Waals surface area contributed by atoms with Gasteiger partial charge in [0.05, 0.1) is 5.69 Å². The normalized spacial score (nSPS) is 17.3. The molecule has 2 rings (SSSR count). The summed E-state index contributed by atoms with van der Waals surface area (Å²) in [5, 5.41) is 9.05. The molecule has 7 heteroatoms. The Bertz CT molecular complexity index is 484. The standard InChI is InChI=1S/C12H16N4O3/c13-11(17)8-1-3-16(4-2-8)6-10-9(12(18)19)5-14-7-15-10/h5,7-8H,1-4,6H2,(H2,13,17)(H,18,19). The van der Waals surface area contributed by atoms with Gasteiger partial charge in [0.15, 0.2) is 0 Å². The van der Waals surface area contributed by atoms with Gasteiger partial charge in [0.25, 0.3) is 0 Å². The van der Waals surface area contributed by atoms with E-state index in [0.29, 0.717) is 25.1 Å². The van der Waals surface area contributed by atoms with Crippen LogP contribution in [0.15, 0.2) is 12.5 Å². The maximum Gasteiger partial charge on any atom is 0.339 e. The number of amides is 1. The van der Waals surface area contributed by atoms with E-state index in [1.54, 1.807) is 0 Å². The van der Waals surface area contributed by atoms with E-state index in [2.05, 4.69) is 14.9 Å². The smallest absolute Gasteiger partial charge is 0.339 e. The van der Waals surface area contributed by atoms with Gasteiger partial charge in [-0.25, -0.2) is 14.8 Å². The van der Waals surface area contributed by atoms with E-state index in [-0.39, 0.29) is 17.4 Å². The number of aromatic nitrogens is 2. The predicted octanol–water partition coefficient (Wildman–Crippen LogP) is -0.128. The first-order valence-electron chi connectivity index (χ1n) is 6.11. The first-order valence-corrected chi connectivity index (χ1v) is 6.11. The van der Waals surface area contributed by atoms with Gasteiger partial charge in [-0.05, 0) is 25.9 Å². The second-order valence-electron chi connectivity index (χ2n) is 4.64. The first-order chi connectivity index (χ1) is 9.08. The molecule has 0 spiro atoms. The summed E-state index contributed by atoms with van der Waals surface area (Å²) in [7, 11) is 0. The molecule has 0 aromatic carbocycles. The summed E-state index contributed by atoms with van der Waals surface area (Å²) in [6, 6.07) is 0. The van der Waals surface area contributed by atoms with Crippen molar-refractivity contribution in [3.8, 4) is 0 Å². The Morgan fingerprint density at radius 1 is 1.42 bits per heavy atom. The lowest BCUT2D eigenvalue weighted by atomic mass is 9.96. The molecular weight excluding hydrogens is 248 g/mol. The van der Waals surface area contributed by atoms with E-state index in [0.717, 1.165) is 13.1 Å². The fraction of sp³-hybridized carbons (Fsp3) is 0.500. The van der Waals surface area contributed by atoms with Gasteiger partial charge in [0.1, 0.15) is 11.9 Å². The number of carboxylic acid groups (broad SMARTS) is 1. The molecule has 1 saturated heterocycles. The highest BCUT2D eigenvalue weighted by Gasteiger charge is 2.24. The Labute approximate surface area is 110 Å². The van der Waals surface area contributed by atoms with Gasteiger partial charge in [0.2, 0.25) is 5.91 Å². The Kier molecular flexibility index (Phi) is 4.06. The molecule has 7 nitrogen and oxygen atoms in total. The number of hydrogen-bond donors (Lipinski definition) is 2. The molecule has 0 atom stereocenters. The van der Waals surface area contributed by atoms with Crippen molar-refractivity contribution in [1.82, 2.24) is 14.9 Å². The van der Waals surface area contributed by atoms with Gasteiger partial charge < -0.3 is 10.8 Å². The second-order valence-corrected chi connectivity index (χ2v) is 4.64. The van der Waals surface area contributed by atoms with Crippen molar-refractivity contribution in [3.05, 3.63) is 23.8 Å². The molecule has 1 aromatic heterocycles. The van der Waals surface area contributed by atoms with Gasteiger partial charge in [-0.15, -0.1) is 0 Å². The Morgan fingerprint density at radius 2 is 2.11 bits per heavy atom. The van der Waals surface area contributed by atoms with Crippen LogP contribution in [0.25, 0.3) is 0 Å². The summed E-state index contributed by atoms with van der Waals surface area (Å²) in [5.74, 6) is -1.35. The topological polar surface area (TPSA) is 109 Å². The van der Waals surface area contributed by atoms with Crippen LogP contribution in [0.3, 0.4) is 0 Å². The van der Waals surface area contributed by atoms with Crippen LogP contribution >= 0.6 is 0 Å². The minimum absolute atomic E-state index is 0.0689. The molecule has 1 aromatic rings. The van der Waals surface area contributed by atoms with Crippen LogP contribution in [-0.4, -0.2) is 44.9 Å². The number of piperidine rings is 1. The summed E-state index contributed by atoms with van der Waals surface area (Å²) >= 11 is 0. The van der Waals surface area contributed by atoms with Crippen molar-refractivity contribution in [2.45, 2.75) is 19.4 Å². The Balaban J connectivity index is 2.00. The van der Waals surface area contributed by atoms with Crippen LogP contribution in [-0.2, 0) is 11.3 Å². The maximum absolute atomic E-state index is 11.1. The number of primary amides is 1. The summed E-state index contributed by atoms with van der Waals surface area (Å²) < 4.78 is 0. The van der Waals surface area contributed by atoms with Crippen molar-refractivity contribution >= 4 is 11.9 Å². The molecule has 0 unspecified atom stereocenters.